The number of hydrogen-bond donors (Lipinski definition) is 4. The van der Waals surface area contributed by atoms with Gasteiger partial charge in [-0.1, -0.05) is 64.7 Å². The largest absolute Gasteiger partial charge is 0.481 e. The normalized spacial score (nSPS) is 13.2. The van der Waals surface area contributed by atoms with E-state index in [1.54, 1.807) is 0 Å². The molecule has 0 aliphatic heterocycles. The van der Waals surface area contributed by atoms with Crippen LogP contribution in [0, 0.1) is 5.92 Å². The first kappa shape index (κ1) is 25.4. The van der Waals surface area contributed by atoms with Gasteiger partial charge in [0.15, 0.2) is 0 Å². The lowest BCUT2D eigenvalue weighted by molar-refractivity contribution is -0.142. The minimum absolute atomic E-state index is 0.0132. The fraction of sp³-hybridized carbons (Fsp3) is 0.850. The van der Waals surface area contributed by atoms with Gasteiger partial charge in [0.1, 0.15) is 6.04 Å². The molecule has 0 spiro atoms. The number of carboxylic acid groups (broad SMARTS) is 3. The number of nitrogens with one attached hydrogen (secondary N) is 1. The fourth-order valence-corrected chi connectivity index (χ4v) is 3.11. The summed E-state index contributed by atoms with van der Waals surface area (Å²) in [6, 6.07) is -0.955. The van der Waals surface area contributed by atoms with Gasteiger partial charge in [0, 0.05) is 6.42 Å². The lowest BCUT2D eigenvalue weighted by Gasteiger charge is -2.16. The van der Waals surface area contributed by atoms with Crippen molar-refractivity contribution in [2.75, 3.05) is 6.54 Å². The first-order valence-corrected chi connectivity index (χ1v) is 10.3. The second-order valence-corrected chi connectivity index (χ2v) is 7.22. The summed E-state index contributed by atoms with van der Waals surface area (Å²) in [5, 5.41) is 29.8. The van der Waals surface area contributed by atoms with Crippen molar-refractivity contribution in [1.29, 1.82) is 0 Å². The van der Waals surface area contributed by atoms with E-state index >= 15 is 0 Å². The van der Waals surface area contributed by atoms with Crippen LogP contribution in [0.25, 0.3) is 0 Å². The van der Waals surface area contributed by atoms with E-state index in [-0.39, 0.29) is 19.4 Å². The minimum Gasteiger partial charge on any atom is -0.481 e. The quantitative estimate of drug-likeness (QED) is 0.248. The van der Waals surface area contributed by atoms with Crippen LogP contribution in [-0.2, 0) is 14.4 Å². The molecule has 27 heavy (non-hydrogen) atoms. The Balaban J connectivity index is 3.94. The summed E-state index contributed by atoms with van der Waals surface area (Å²) in [6.07, 6.45) is 11.3. The summed E-state index contributed by atoms with van der Waals surface area (Å²) < 4.78 is 0. The molecule has 0 fully saturated rings. The molecule has 4 N–H and O–H groups in total. The van der Waals surface area contributed by atoms with Crippen molar-refractivity contribution in [2.24, 2.45) is 5.92 Å². The predicted molar refractivity (Wildman–Crippen MR) is 104 cm³/mol. The second-order valence-electron chi connectivity index (χ2n) is 7.22. The number of hydrogen-bond acceptors (Lipinski definition) is 4. The Hall–Kier alpha value is -1.63. The summed E-state index contributed by atoms with van der Waals surface area (Å²) >= 11 is 0. The smallest absolute Gasteiger partial charge is 0.320 e. The predicted octanol–water partition coefficient (Wildman–Crippen LogP) is 3.91. The Labute approximate surface area is 162 Å². The Morgan fingerprint density at radius 3 is 1.78 bits per heavy atom. The van der Waals surface area contributed by atoms with Crippen LogP contribution >= 0.6 is 0 Å². The van der Waals surface area contributed by atoms with E-state index in [1.807, 2.05) is 0 Å². The molecule has 2 unspecified atom stereocenters. The van der Waals surface area contributed by atoms with E-state index < -0.39 is 29.9 Å². The maximum Gasteiger partial charge on any atom is 0.320 e. The van der Waals surface area contributed by atoms with E-state index in [0.29, 0.717) is 12.8 Å². The van der Waals surface area contributed by atoms with Crippen LogP contribution in [0.1, 0.15) is 90.4 Å². The Kier molecular flexibility index (Phi) is 15.5. The topological polar surface area (TPSA) is 124 Å². The first-order valence-electron chi connectivity index (χ1n) is 10.3. The highest BCUT2D eigenvalue weighted by atomic mass is 16.4. The molecule has 0 saturated carbocycles. The van der Waals surface area contributed by atoms with Crippen LogP contribution in [0.5, 0.6) is 0 Å². The van der Waals surface area contributed by atoms with Gasteiger partial charge in [-0.2, -0.15) is 0 Å². The van der Waals surface area contributed by atoms with Crippen molar-refractivity contribution in [2.45, 2.75) is 96.4 Å². The summed E-state index contributed by atoms with van der Waals surface area (Å²) in [7, 11) is 0. The van der Waals surface area contributed by atoms with E-state index in [2.05, 4.69) is 12.2 Å². The lowest BCUT2D eigenvalue weighted by atomic mass is 9.96. The van der Waals surface area contributed by atoms with Crippen LogP contribution in [0.15, 0.2) is 0 Å². The third-order valence-corrected chi connectivity index (χ3v) is 4.83. The zero-order valence-electron chi connectivity index (χ0n) is 16.6. The maximum atomic E-state index is 11.4. The molecule has 2 atom stereocenters. The molecule has 0 bridgehead atoms. The van der Waals surface area contributed by atoms with Crippen molar-refractivity contribution >= 4 is 17.9 Å². The van der Waals surface area contributed by atoms with E-state index in [9.17, 15) is 19.5 Å². The monoisotopic (exact) mass is 387 g/mol. The van der Waals surface area contributed by atoms with Crippen molar-refractivity contribution in [3.63, 3.8) is 0 Å². The molecule has 0 aromatic heterocycles. The summed E-state index contributed by atoms with van der Waals surface area (Å²) in [5.74, 6) is -3.50. The van der Waals surface area contributed by atoms with Gasteiger partial charge in [0.2, 0.25) is 0 Å². The van der Waals surface area contributed by atoms with Gasteiger partial charge in [0.05, 0.1) is 5.92 Å². The lowest BCUT2D eigenvalue weighted by Crippen LogP contribution is -2.38. The average molecular weight is 388 g/mol. The van der Waals surface area contributed by atoms with Crippen molar-refractivity contribution < 1.29 is 29.7 Å². The van der Waals surface area contributed by atoms with Gasteiger partial charge in [-0.3, -0.25) is 14.4 Å². The minimum atomic E-state index is -1.11. The maximum absolute atomic E-state index is 11.4. The molecule has 0 aliphatic rings. The zero-order chi connectivity index (χ0) is 20.5. The Morgan fingerprint density at radius 1 is 0.741 bits per heavy atom. The molecule has 0 aromatic rings. The number of carboxylic acids is 3. The summed E-state index contributed by atoms with van der Waals surface area (Å²) in [4.78, 5) is 33.0. The second kappa shape index (κ2) is 16.5. The third kappa shape index (κ3) is 15.2. The molecule has 7 nitrogen and oxygen atoms in total. The van der Waals surface area contributed by atoms with Gasteiger partial charge in [-0.15, -0.1) is 0 Å². The van der Waals surface area contributed by atoms with Gasteiger partial charge < -0.3 is 20.6 Å². The average Bonchev–Trinajstić information content (AvgIpc) is 2.60. The third-order valence-electron chi connectivity index (χ3n) is 4.83. The van der Waals surface area contributed by atoms with Crippen molar-refractivity contribution in [3.05, 3.63) is 0 Å². The first-order chi connectivity index (χ1) is 12.9. The molecule has 0 aromatic carbocycles. The standard InChI is InChI=1S/C20H37NO6/c1-2-3-4-5-6-7-8-9-10-11-16(19(24)25)14-15-21-17(20(26)27)12-13-18(22)23/h16-17,21H,2-15H2,1H3,(H,22,23)(H,24,25)(H,26,27). The van der Waals surface area contributed by atoms with Gasteiger partial charge >= 0.3 is 17.9 Å². The Bertz CT molecular complexity index is 427. The molecule has 0 heterocycles. The van der Waals surface area contributed by atoms with E-state index in [1.165, 1.54) is 38.5 Å². The molecule has 0 aliphatic carbocycles. The molecule has 0 amide bonds. The molecule has 0 saturated heterocycles. The van der Waals surface area contributed by atoms with Gasteiger partial charge in [0.25, 0.3) is 0 Å². The van der Waals surface area contributed by atoms with Gasteiger partial charge in [-0.25, -0.2) is 0 Å². The molecule has 7 heteroatoms. The van der Waals surface area contributed by atoms with Crippen molar-refractivity contribution in [3.8, 4) is 0 Å². The fourth-order valence-electron chi connectivity index (χ4n) is 3.11. The van der Waals surface area contributed by atoms with Crippen LogP contribution in [-0.4, -0.2) is 45.8 Å². The highest BCUT2D eigenvalue weighted by Crippen LogP contribution is 2.16. The molecule has 0 rings (SSSR count). The van der Waals surface area contributed by atoms with Crippen LogP contribution in [0.3, 0.4) is 0 Å². The Morgan fingerprint density at radius 2 is 1.30 bits per heavy atom. The zero-order valence-corrected chi connectivity index (χ0v) is 16.6. The van der Waals surface area contributed by atoms with Gasteiger partial charge in [-0.05, 0) is 25.8 Å². The summed E-state index contributed by atoms with van der Waals surface area (Å²) in [5.41, 5.74) is 0. The summed E-state index contributed by atoms with van der Waals surface area (Å²) in [6.45, 7) is 2.46. The highest BCUT2D eigenvalue weighted by molar-refractivity contribution is 5.75. The molecular formula is C20H37NO6. The van der Waals surface area contributed by atoms with E-state index in [4.69, 9.17) is 10.2 Å². The van der Waals surface area contributed by atoms with E-state index in [0.717, 1.165) is 19.3 Å². The highest BCUT2D eigenvalue weighted by Gasteiger charge is 2.21. The number of carbonyl (C=O) groups is 3. The van der Waals surface area contributed by atoms with Crippen molar-refractivity contribution in [1.82, 2.24) is 5.32 Å². The SMILES string of the molecule is CCCCCCCCCCCC(CCNC(CCC(=O)O)C(=O)O)C(=O)O. The number of unbranched alkanes of at least 4 members (excludes halogenated alkanes) is 8. The van der Waals surface area contributed by atoms with Crippen LogP contribution in [0.2, 0.25) is 0 Å². The molecular weight excluding hydrogens is 350 g/mol. The molecule has 0 radical (unpaired) electrons. The molecule has 158 valence electrons. The number of rotatable bonds is 19. The number of aliphatic carboxylic acids is 3. The van der Waals surface area contributed by atoms with Crippen LogP contribution < -0.4 is 5.32 Å². The van der Waals surface area contributed by atoms with Crippen LogP contribution in [0.4, 0.5) is 0 Å².